The molecule has 0 amide bonds. The monoisotopic (exact) mass is 347 g/mol. The SMILES string of the molecule is CN(C)c1nc2c(c(N[C@H]3CCCNC3)n1)CCCC2.Cl.Cl. The van der Waals surface area contributed by atoms with Gasteiger partial charge in [0.2, 0.25) is 5.95 Å². The van der Waals surface area contributed by atoms with Gasteiger partial charge in [-0.2, -0.15) is 4.98 Å². The molecule has 22 heavy (non-hydrogen) atoms. The van der Waals surface area contributed by atoms with Crippen molar-refractivity contribution in [2.24, 2.45) is 0 Å². The highest BCUT2D eigenvalue weighted by Gasteiger charge is 2.21. The maximum atomic E-state index is 4.76. The van der Waals surface area contributed by atoms with Gasteiger partial charge >= 0.3 is 0 Å². The van der Waals surface area contributed by atoms with Gasteiger partial charge in [0.05, 0.1) is 5.69 Å². The highest BCUT2D eigenvalue weighted by atomic mass is 35.5. The maximum Gasteiger partial charge on any atom is 0.227 e. The minimum absolute atomic E-state index is 0. The number of piperidine rings is 1. The predicted molar refractivity (Wildman–Crippen MR) is 97.0 cm³/mol. The van der Waals surface area contributed by atoms with E-state index < -0.39 is 0 Å². The van der Waals surface area contributed by atoms with E-state index in [9.17, 15) is 0 Å². The molecule has 0 spiro atoms. The molecule has 1 fully saturated rings. The van der Waals surface area contributed by atoms with E-state index in [2.05, 4.69) is 10.6 Å². The molecule has 1 aliphatic heterocycles. The second-order valence-electron chi connectivity index (χ2n) is 6.09. The standard InChI is InChI=1S/C15H25N5.2ClH/c1-20(2)15-18-13-8-4-3-7-12(13)14(19-15)17-11-6-5-9-16-10-11;;/h11,16H,3-10H2,1-2H3,(H,17,18,19);2*1H/t11-;;/m0../s1. The van der Waals surface area contributed by atoms with Gasteiger partial charge in [-0.15, -0.1) is 24.8 Å². The molecule has 0 aromatic carbocycles. The van der Waals surface area contributed by atoms with E-state index in [1.165, 1.54) is 36.9 Å². The number of rotatable bonds is 3. The van der Waals surface area contributed by atoms with E-state index in [4.69, 9.17) is 9.97 Å². The highest BCUT2D eigenvalue weighted by molar-refractivity contribution is 5.85. The Morgan fingerprint density at radius 1 is 1.09 bits per heavy atom. The number of fused-ring (bicyclic) bond motifs is 1. The van der Waals surface area contributed by atoms with Crippen LogP contribution in [0.1, 0.15) is 36.9 Å². The highest BCUT2D eigenvalue weighted by Crippen LogP contribution is 2.28. The van der Waals surface area contributed by atoms with Crippen LogP contribution in [0, 0.1) is 0 Å². The number of nitrogens with zero attached hydrogens (tertiary/aromatic N) is 3. The van der Waals surface area contributed by atoms with Gasteiger partial charge in [0, 0.05) is 32.2 Å². The van der Waals surface area contributed by atoms with Crippen LogP contribution < -0.4 is 15.5 Å². The molecule has 0 unspecified atom stereocenters. The van der Waals surface area contributed by atoms with Gasteiger partial charge in [0.25, 0.3) is 0 Å². The van der Waals surface area contributed by atoms with Gasteiger partial charge in [-0.25, -0.2) is 4.98 Å². The lowest BCUT2D eigenvalue weighted by Crippen LogP contribution is -2.39. The molecular weight excluding hydrogens is 321 g/mol. The first kappa shape index (κ1) is 19.3. The first-order valence-corrected chi connectivity index (χ1v) is 7.78. The van der Waals surface area contributed by atoms with E-state index in [1.54, 1.807) is 0 Å². The second-order valence-corrected chi connectivity index (χ2v) is 6.09. The van der Waals surface area contributed by atoms with Crippen LogP contribution in [0.2, 0.25) is 0 Å². The first-order chi connectivity index (χ1) is 9.74. The molecule has 1 aromatic heterocycles. The normalized spacial score (nSPS) is 20.2. The largest absolute Gasteiger partial charge is 0.366 e. The van der Waals surface area contributed by atoms with Crippen LogP contribution in [0.15, 0.2) is 0 Å². The Balaban J connectivity index is 0.00000121. The lowest BCUT2D eigenvalue weighted by Gasteiger charge is -2.27. The van der Waals surface area contributed by atoms with Gasteiger partial charge in [-0.1, -0.05) is 0 Å². The Hall–Kier alpha value is -0.780. The fourth-order valence-electron chi connectivity index (χ4n) is 3.07. The van der Waals surface area contributed by atoms with Crippen LogP contribution in [-0.4, -0.2) is 43.2 Å². The summed E-state index contributed by atoms with van der Waals surface area (Å²) in [6.07, 6.45) is 7.19. The lowest BCUT2D eigenvalue weighted by molar-refractivity contribution is 0.478. The Morgan fingerprint density at radius 2 is 1.86 bits per heavy atom. The zero-order valence-electron chi connectivity index (χ0n) is 13.4. The van der Waals surface area contributed by atoms with Gasteiger partial charge in [-0.3, -0.25) is 0 Å². The van der Waals surface area contributed by atoms with Crippen molar-refractivity contribution in [3.8, 4) is 0 Å². The summed E-state index contributed by atoms with van der Waals surface area (Å²) in [5, 5.41) is 7.12. The number of aromatic nitrogens is 2. The molecule has 2 heterocycles. The molecular formula is C15H27Cl2N5. The van der Waals surface area contributed by atoms with Crippen molar-refractivity contribution < 1.29 is 0 Å². The third kappa shape index (κ3) is 4.37. The Labute approximate surface area is 145 Å². The van der Waals surface area contributed by atoms with Crippen LogP contribution in [-0.2, 0) is 12.8 Å². The van der Waals surface area contributed by atoms with Crippen LogP contribution in [0.4, 0.5) is 11.8 Å². The molecule has 0 radical (unpaired) electrons. The Kier molecular flexibility index (Phi) is 7.66. The maximum absolute atomic E-state index is 4.76. The fraction of sp³-hybridized carbons (Fsp3) is 0.733. The smallest absolute Gasteiger partial charge is 0.227 e. The zero-order valence-corrected chi connectivity index (χ0v) is 15.0. The summed E-state index contributed by atoms with van der Waals surface area (Å²) in [4.78, 5) is 11.5. The van der Waals surface area contributed by atoms with Gasteiger partial charge < -0.3 is 15.5 Å². The first-order valence-electron chi connectivity index (χ1n) is 7.78. The van der Waals surface area contributed by atoms with E-state index in [-0.39, 0.29) is 24.8 Å². The molecule has 7 heteroatoms. The van der Waals surface area contributed by atoms with E-state index in [1.807, 2.05) is 19.0 Å². The molecule has 2 N–H and O–H groups in total. The molecule has 1 atom stereocenters. The summed E-state index contributed by atoms with van der Waals surface area (Å²) >= 11 is 0. The molecule has 1 aromatic rings. The molecule has 5 nitrogen and oxygen atoms in total. The summed E-state index contributed by atoms with van der Waals surface area (Å²) in [5.74, 6) is 1.91. The van der Waals surface area contributed by atoms with Crippen molar-refractivity contribution >= 4 is 36.6 Å². The summed E-state index contributed by atoms with van der Waals surface area (Å²) in [7, 11) is 4.02. The van der Waals surface area contributed by atoms with Crippen molar-refractivity contribution in [3.05, 3.63) is 11.3 Å². The summed E-state index contributed by atoms with van der Waals surface area (Å²) in [6, 6.07) is 0.500. The van der Waals surface area contributed by atoms with E-state index in [0.29, 0.717) is 6.04 Å². The zero-order chi connectivity index (χ0) is 13.9. The average molecular weight is 348 g/mol. The third-order valence-corrected chi connectivity index (χ3v) is 4.21. The molecule has 1 aliphatic carbocycles. The summed E-state index contributed by atoms with van der Waals surface area (Å²) in [5.41, 5.74) is 2.61. The minimum atomic E-state index is 0. The van der Waals surface area contributed by atoms with Crippen LogP contribution >= 0.6 is 24.8 Å². The van der Waals surface area contributed by atoms with E-state index >= 15 is 0 Å². The quantitative estimate of drug-likeness (QED) is 0.879. The molecule has 0 bridgehead atoms. The van der Waals surface area contributed by atoms with Crippen molar-refractivity contribution in [2.45, 2.75) is 44.6 Å². The fourth-order valence-corrected chi connectivity index (χ4v) is 3.07. The van der Waals surface area contributed by atoms with Gasteiger partial charge in [0.1, 0.15) is 5.82 Å². The predicted octanol–water partition coefficient (Wildman–Crippen LogP) is 2.43. The molecule has 126 valence electrons. The van der Waals surface area contributed by atoms with Crippen molar-refractivity contribution in [1.29, 1.82) is 0 Å². The number of hydrogen-bond acceptors (Lipinski definition) is 5. The average Bonchev–Trinajstić information content (AvgIpc) is 2.48. The number of anilines is 2. The minimum Gasteiger partial charge on any atom is -0.366 e. The Morgan fingerprint density at radius 3 is 2.55 bits per heavy atom. The van der Waals surface area contributed by atoms with Gasteiger partial charge in [0.15, 0.2) is 0 Å². The second kappa shape index (κ2) is 8.75. The topological polar surface area (TPSA) is 53.1 Å². The van der Waals surface area contributed by atoms with Crippen molar-refractivity contribution in [2.75, 3.05) is 37.4 Å². The van der Waals surface area contributed by atoms with Crippen molar-refractivity contribution in [1.82, 2.24) is 15.3 Å². The number of hydrogen-bond donors (Lipinski definition) is 2. The van der Waals surface area contributed by atoms with Crippen LogP contribution in [0.5, 0.6) is 0 Å². The summed E-state index contributed by atoms with van der Waals surface area (Å²) < 4.78 is 0. The molecule has 0 saturated carbocycles. The molecule has 1 saturated heterocycles. The number of nitrogens with one attached hydrogen (secondary N) is 2. The third-order valence-electron chi connectivity index (χ3n) is 4.21. The van der Waals surface area contributed by atoms with Crippen molar-refractivity contribution in [3.63, 3.8) is 0 Å². The van der Waals surface area contributed by atoms with Crippen LogP contribution in [0.3, 0.4) is 0 Å². The molecule has 3 rings (SSSR count). The van der Waals surface area contributed by atoms with Crippen LogP contribution in [0.25, 0.3) is 0 Å². The molecule has 2 aliphatic rings. The van der Waals surface area contributed by atoms with Gasteiger partial charge in [-0.05, 0) is 45.1 Å². The summed E-state index contributed by atoms with van der Waals surface area (Å²) in [6.45, 7) is 2.18. The Bertz CT molecular complexity index is 475. The lowest BCUT2D eigenvalue weighted by atomic mass is 9.96. The number of aryl methyl sites for hydroxylation is 1. The number of halogens is 2. The van der Waals surface area contributed by atoms with E-state index in [0.717, 1.165) is 37.7 Å².